The third-order valence-corrected chi connectivity index (χ3v) is 2.46. The number of rotatable bonds is 2. The molecule has 0 spiro atoms. The molecule has 1 aromatic carbocycles. The molecule has 74 valence electrons. The van der Waals surface area contributed by atoms with Crippen molar-refractivity contribution in [3.05, 3.63) is 27.9 Å². The fourth-order valence-electron chi connectivity index (χ4n) is 1.20. The van der Waals surface area contributed by atoms with Crippen LogP contribution in [0.1, 0.15) is 13.8 Å². The molecule has 1 heterocycles. The third-order valence-electron chi connectivity index (χ3n) is 1.67. The summed E-state index contributed by atoms with van der Waals surface area (Å²) in [5, 5.41) is 0. The van der Waals surface area contributed by atoms with E-state index < -0.39 is 0 Å². The SMILES string of the molecule is CC(C)Oc1ccc2oc(=O)sc2c1. The van der Waals surface area contributed by atoms with E-state index in [-0.39, 0.29) is 11.0 Å². The van der Waals surface area contributed by atoms with E-state index in [1.54, 1.807) is 12.1 Å². The topological polar surface area (TPSA) is 39.4 Å². The Labute approximate surface area is 84.9 Å². The largest absolute Gasteiger partial charge is 0.491 e. The van der Waals surface area contributed by atoms with Crippen molar-refractivity contribution >= 4 is 21.6 Å². The highest BCUT2D eigenvalue weighted by atomic mass is 32.1. The van der Waals surface area contributed by atoms with Crippen molar-refractivity contribution in [3.8, 4) is 5.75 Å². The maximum absolute atomic E-state index is 10.9. The zero-order valence-corrected chi connectivity index (χ0v) is 8.76. The van der Waals surface area contributed by atoms with Crippen molar-refractivity contribution in [2.45, 2.75) is 20.0 Å². The first-order valence-electron chi connectivity index (χ1n) is 4.35. The van der Waals surface area contributed by atoms with Crippen LogP contribution < -0.4 is 9.68 Å². The van der Waals surface area contributed by atoms with E-state index in [2.05, 4.69) is 0 Å². The normalized spacial score (nSPS) is 11.1. The van der Waals surface area contributed by atoms with Crippen molar-refractivity contribution in [2.75, 3.05) is 0 Å². The van der Waals surface area contributed by atoms with Gasteiger partial charge in [0.1, 0.15) is 11.3 Å². The number of benzene rings is 1. The predicted octanol–water partition coefficient (Wildman–Crippen LogP) is 2.64. The van der Waals surface area contributed by atoms with E-state index in [0.29, 0.717) is 5.58 Å². The fourth-order valence-corrected chi connectivity index (χ4v) is 1.89. The van der Waals surface area contributed by atoms with Gasteiger partial charge in [-0.2, -0.15) is 0 Å². The standard InChI is InChI=1S/C10H10O3S/c1-6(2)12-7-3-4-8-9(5-7)14-10(11)13-8/h3-6H,1-2H3. The number of fused-ring (bicyclic) bond motifs is 1. The summed E-state index contributed by atoms with van der Waals surface area (Å²) < 4.78 is 11.3. The molecule has 2 aromatic rings. The highest BCUT2D eigenvalue weighted by molar-refractivity contribution is 7.16. The quantitative estimate of drug-likeness (QED) is 0.765. The lowest BCUT2D eigenvalue weighted by molar-refractivity contribution is 0.242. The molecule has 3 nitrogen and oxygen atoms in total. The molecule has 0 amide bonds. The second kappa shape index (κ2) is 3.46. The second-order valence-corrected chi connectivity index (χ2v) is 4.21. The van der Waals surface area contributed by atoms with Gasteiger partial charge in [0.05, 0.1) is 10.8 Å². The monoisotopic (exact) mass is 210 g/mol. The van der Waals surface area contributed by atoms with E-state index in [9.17, 15) is 4.79 Å². The number of hydrogen-bond donors (Lipinski definition) is 0. The molecule has 0 unspecified atom stereocenters. The van der Waals surface area contributed by atoms with E-state index in [0.717, 1.165) is 21.8 Å². The van der Waals surface area contributed by atoms with E-state index in [1.165, 1.54) is 0 Å². The molecule has 0 atom stereocenters. The highest BCUT2D eigenvalue weighted by Gasteiger charge is 2.04. The summed E-state index contributed by atoms with van der Waals surface area (Å²) >= 11 is 1.09. The van der Waals surface area contributed by atoms with Gasteiger partial charge in [-0.1, -0.05) is 11.3 Å². The molecular weight excluding hydrogens is 200 g/mol. The van der Waals surface area contributed by atoms with Gasteiger partial charge in [0.15, 0.2) is 0 Å². The Balaban J connectivity index is 2.45. The van der Waals surface area contributed by atoms with Crippen molar-refractivity contribution in [2.24, 2.45) is 0 Å². The summed E-state index contributed by atoms with van der Waals surface area (Å²) in [5.41, 5.74) is 0.621. The molecule has 0 radical (unpaired) electrons. The minimum absolute atomic E-state index is 0.135. The zero-order chi connectivity index (χ0) is 10.1. The van der Waals surface area contributed by atoms with Crippen LogP contribution in [0.3, 0.4) is 0 Å². The molecule has 14 heavy (non-hydrogen) atoms. The van der Waals surface area contributed by atoms with Crippen molar-refractivity contribution in [3.63, 3.8) is 0 Å². The van der Waals surface area contributed by atoms with Crippen LogP contribution in [0.4, 0.5) is 0 Å². The van der Waals surface area contributed by atoms with Crippen molar-refractivity contribution in [1.29, 1.82) is 0 Å². The lowest BCUT2D eigenvalue weighted by Gasteiger charge is -2.08. The molecule has 0 saturated carbocycles. The van der Waals surface area contributed by atoms with Gasteiger partial charge in [-0.05, 0) is 26.0 Å². The Morgan fingerprint density at radius 2 is 2.21 bits per heavy atom. The first kappa shape index (κ1) is 9.27. The lowest BCUT2D eigenvalue weighted by Crippen LogP contribution is -2.04. The van der Waals surface area contributed by atoms with Crippen LogP contribution in [-0.2, 0) is 0 Å². The van der Waals surface area contributed by atoms with Crippen molar-refractivity contribution < 1.29 is 9.15 Å². The van der Waals surface area contributed by atoms with Gasteiger partial charge in [-0.25, -0.2) is 4.79 Å². The molecule has 0 bridgehead atoms. The number of ether oxygens (including phenoxy) is 1. The summed E-state index contributed by atoms with van der Waals surface area (Å²) in [7, 11) is 0. The van der Waals surface area contributed by atoms with Gasteiger partial charge in [0.25, 0.3) is 0 Å². The fraction of sp³-hybridized carbons (Fsp3) is 0.300. The number of hydrogen-bond acceptors (Lipinski definition) is 4. The lowest BCUT2D eigenvalue weighted by atomic mass is 10.3. The van der Waals surface area contributed by atoms with Crippen molar-refractivity contribution in [1.82, 2.24) is 0 Å². The minimum atomic E-state index is -0.276. The Morgan fingerprint density at radius 1 is 1.43 bits per heavy atom. The van der Waals surface area contributed by atoms with Crippen LogP contribution in [0.5, 0.6) is 5.75 Å². The molecule has 0 aliphatic heterocycles. The molecule has 0 aliphatic rings. The summed E-state index contributed by atoms with van der Waals surface area (Å²) in [6, 6.07) is 5.38. The molecule has 0 N–H and O–H groups in total. The second-order valence-electron chi connectivity index (χ2n) is 3.23. The maximum atomic E-state index is 10.9. The molecule has 0 saturated heterocycles. The molecule has 2 rings (SSSR count). The molecule has 1 aromatic heterocycles. The minimum Gasteiger partial charge on any atom is -0.491 e. The van der Waals surface area contributed by atoms with Crippen LogP contribution in [0, 0.1) is 0 Å². The molecule has 0 fully saturated rings. The Kier molecular flexibility index (Phi) is 2.29. The molecule has 4 heteroatoms. The van der Waals surface area contributed by atoms with E-state index in [4.69, 9.17) is 9.15 Å². The summed E-state index contributed by atoms with van der Waals surface area (Å²) in [6.45, 7) is 3.92. The highest BCUT2D eigenvalue weighted by Crippen LogP contribution is 2.23. The first-order valence-corrected chi connectivity index (χ1v) is 5.17. The van der Waals surface area contributed by atoms with Gasteiger partial charge in [0.2, 0.25) is 0 Å². The maximum Gasteiger partial charge on any atom is 0.396 e. The average molecular weight is 210 g/mol. The molecule has 0 aliphatic carbocycles. The van der Waals surface area contributed by atoms with Gasteiger partial charge in [0, 0.05) is 6.07 Å². The van der Waals surface area contributed by atoms with Crippen LogP contribution in [0.15, 0.2) is 27.4 Å². The van der Waals surface area contributed by atoms with Gasteiger partial charge < -0.3 is 9.15 Å². The zero-order valence-electron chi connectivity index (χ0n) is 7.94. The van der Waals surface area contributed by atoms with Crippen LogP contribution in [-0.4, -0.2) is 6.10 Å². The Hall–Kier alpha value is -1.29. The summed E-state index contributed by atoms with van der Waals surface area (Å²) in [5.74, 6) is 0.768. The Morgan fingerprint density at radius 3 is 2.93 bits per heavy atom. The smallest absolute Gasteiger partial charge is 0.396 e. The summed E-state index contributed by atoms with van der Waals surface area (Å²) in [4.78, 5) is 10.7. The van der Waals surface area contributed by atoms with E-state index >= 15 is 0 Å². The van der Waals surface area contributed by atoms with Crippen LogP contribution >= 0.6 is 11.3 Å². The average Bonchev–Trinajstić information content (AvgIpc) is 2.42. The Bertz CT molecular complexity index is 495. The molecular formula is C10H10O3S. The predicted molar refractivity (Wildman–Crippen MR) is 56.1 cm³/mol. The first-order chi connectivity index (χ1) is 6.65. The van der Waals surface area contributed by atoms with Gasteiger partial charge in [-0.15, -0.1) is 0 Å². The van der Waals surface area contributed by atoms with Gasteiger partial charge >= 0.3 is 4.94 Å². The summed E-state index contributed by atoms with van der Waals surface area (Å²) in [6.07, 6.45) is 0.135. The van der Waals surface area contributed by atoms with E-state index in [1.807, 2.05) is 19.9 Å². The van der Waals surface area contributed by atoms with Crippen LogP contribution in [0.2, 0.25) is 0 Å². The third kappa shape index (κ3) is 1.80. The van der Waals surface area contributed by atoms with Crippen LogP contribution in [0.25, 0.3) is 10.3 Å². The van der Waals surface area contributed by atoms with Gasteiger partial charge in [-0.3, -0.25) is 0 Å².